The van der Waals surface area contributed by atoms with Crippen LogP contribution in [-0.2, 0) is 6.42 Å². The van der Waals surface area contributed by atoms with E-state index in [-0.39, 0.29) is 11.6 Å². The lowest BCUT2D eigenvalue weighted by Crippen LogP contribution is -2.04. The van der Waals surface area contributed by atoms with Crippen LogP contribution in [0.15, 0.2) is 48.7 Å². The van der Waals surface area contributed by atoms with E-state index in [1.165, 1.54) is 24.4 Å². The Hall–Kier alpha value is -2.56. The third-order valence-corrected chi connectivity index (χ3v) is 3.13. The number of halogens is 2. The molecule has 3 nitrogen and oxygen atoms in total. The Balaban J connectivity index is 1.95. The molecule has 3 rings (SSSR count). The SMILES string of the molecule is Cc1cc(Cc2ccc(F)cn2)n(-c2ccc(F)cc2)n1. The van der Waals surface area contributed by atoms with Gasteiger partial charge in [-0.3, -0.25) is 4.98 Å². The number of hydrogen-bond acceptors (Lipinski definition) is 2. The molecule has 1 aromatic carbocycles. The van der Waals surface area contributed by atoms with E-state index < -0.39 is 0 Å². The maximum atomic E-state index is 13.0. The highest BCUT2D eigenvalue weighted by Crippen LogP contribution is 2.16. The number of rotatable bonds is 3. The molecule has 0 fully saturated rings. The van der Waals surface area contributed by atoms with Crippen LogP contribution in [0.3, 0.4) is 0 Å². The van der Waals surface area contributed by atoms with E-state index in [0.29, 0.717) is 6.42 Å². The Morgan fingerprint density at radius 1 is 1.00 bits per heavy atom. The van der Waals surface area contributed by atoms with Crippen molar-refractivity contribution in [1.29, 1.82) is 0 Å². The molecule has 0 saturated carbocycles. The molecule has 0 atom stereocenters. The average Bonchev–Trinajstić information content (AvgIpc) is 2.83. The number of pyridine rings is 1. The summed E-state index contributed by atoms with van der Waals surface area (Å²) in [5.74, 6) is -0.647. The Kier molecular flexibility index (Phi) is 3.48. The summed E-state index contributed by atoms with van der Waals surface area (Å²) in [5, 5.41) is 4.42. The van der Waals surface area contributed by atoms with Crippen molar-refractivity contribution >= 4 is 0 Å². The molecule has 0 aliphatic heterocycles. The molecule has 0 unspecified atom stereocenters. The van der Waals surface area contributed by atoms with Gasteiger partial charge < -0.3 is 0 Å². The minimum absolute atomic E-state index is 0.288. The second-order valence-electron chi connectivity index (χ2n) is 4.81. The van der Waals surface area contributed by atoms with Crippen molar-refractivity contribution in [3.05, 3.63) is 77.4 Å². The van der Waals surface area contributed by atoms with E-state index in [9.17, 15) is 8.78 Å². The second kappa shape index (κ2) is 5.44. The van der Waals surface area contributed by atoms with Crippen molar-refractivity contribution in [2.24, 2.45) is 0 Å². The van der Waals surface area contributed by atoms with Gasteiger partial charge in [0.1, 0.15) is 11.6 Å². The Morgan fingerprint density at radius 2 is 1.71 bits per heavy atom. The van der Waals surface area contributed by atoms with Gasteiger partial charge in [0.15, 0.2) is 0 Å². The van der Waals surface area contributed by atoms with Crippen LogP contribution in [-0.4, -0.2) is 14.8 Å². The first-order valence-electron chi connectivity index (χ1n) is 6.54. The topological polar surface area (TPSA) is 30.7 Å². The monoisotopic (exact) mass is 285 g/mol. The third-order valence-electron chi connectivity index (χ3n) is 3.13. The highest BCUT2D eigenvalue weighted by atomic mass is 19.1. The van der Waals surface area contributed by atoms with Gasteiger partial charge in [-0.05, 0) is 49.4 Å². The Morgan fingerprint density at radius 3 is 2.38 bits per heavy atom. The summed E-state index contributed by atoms with van der Waals surface area (Å²) < 4.78 is 27.7. The van der Waals surface area contributed by atoms with Crippen molar-refractivity contribution < 1.29 is 8.78 Å². The van der Waals surface area contributed by atoms with Gasteiger partial charge in [-0.1, -0.05) is 0 Å². The molecule has 0 bridgehead atoms. The van der Waals surface area contributed by atoms with Crippen LogP contribution in [0.5, 0.6) is 0 Å². The first kappa shape index (κ1) is 13.4. The number of aryl methyl sites for hydroxylation is 1. The maximum absolute atomic E-state index is 13.0. The van der Waals surface area contributed by atoms with Crippen molar-refractivity contribution in [2.45, 2.75) is 13.3 Å². The van der Waals surface area contributed by atoms with Gasteiger partial charge >= 0.3 is 0 Å². The van der Waals surface area contributed by atoms with Gasteiger partial charge in [0.2, 0.25) is 0 Å². The summed E-state index contributed by atoms with van der Waals surface area (Å²) >= 11 is 0. The average molecular weight is 285 g/mol. The van der Waals surface area contributed by atoms with Crippen LogP contribution in [0.2, 0.25) is 0 Å². The summed E-state index contributed by atoms with van der Waals surface area (Å²) in [6.07, 6.45) is 1.72. The van der Waals surface area contributed by atoms with Gasteiger partial charge in [0.25, 0.3) is 0 Å². The molecule has 0 spiro atoms. The Bertz CT molecular complexity index is 746. The van der Waals surface area contributed by atoms with Crippen molar-refractivity contribution in [3.8, 4) is 5.69 Å². The summed E-state index contributed by atoms with van der Waals surface area (Å²) in [4.78, 5) is 4.06. The van der Waals surface area contributed by atoms with Crippen LogP contribution in [0, 0.1) is 18.6 Å². The van der Waals surface area contributed by atoms with Gasteiger partial charge in [0.05, 0.1) is 23.3 Å². The fourth-order valence-corrected chi connectivity index (χ4v) is 2.18. The van der Waals surface area contributed by atoms with Crippen molar-refractivity contribution in [1.82, 2.24) is 14.8 Å². The highest BCUT2D eigenvalue weighted by molar-refractivity contribution is 5.34. The first-order valence-corrected chi connectivity index (χ1v) is 6.54. The molecule has 0 N–H and O–H groups in total. The van der Waals surface area contributed by atoms with E-state index in [0.717, 1.165) is 22.8 Å². The lowest BCUT2D eigenvalue weighted by molar-refractivity contribution is 0.619. The molecule has 2 heterocycles. The van der Waals surface area contributed by atoms with Crippen LogP contribution in [0.1, 0.15) is 17.1 Å². The zero-order valence-electron chi connectivity index (χ0n) is 11.4. The number of aromatic nitrogens is 3. The zero-order chi connectivity index (χ0) is 14.8. The van der Waals surface area contributed by atoms with E-state index >= 15 is 0 Å². The van der Waals surface area contributed by atoms with Crippen LogP contribution < -0.4 is 0 Å². The van der Waals surface area contributed by atoms with Gasteiger partial charge in [-0.2, -0.15) is 5.10 Å². The largest absolute Gasteiger partial charge is 0.258 e. The molecule has 0 aliphatic rings. The Labute approximate surface area is 120 Å². The van der Waals surface area contributed by atoms with E-state index in [2.05, 4.69) is 10.1 Å². The quantitative estimate of drug-likeness (QED) is 0.738. The molecule has 106 valence electrons. The molecule has 0 saturated heterocycles. The van der Waals surface area contributed by atoms with Gasteiger partial charge in [-0.25, -0.2) is 13.5 Å². The lowest BCUT2D eigenvalue weighted by atomic mass is 10.2. The van der Waals surface area contributed by atoms with E-state index in [4.69, 9.17) is 0 Å². The molecule has 5 heteroatoms. The smallest absolute Gasteiger partial charge is 0.141 e. The first-order chi connectivity index (χ1) is 10.1. The molecule has 0 amide bonds. The normalized spacial score (nSPS) is 10.8. The minimum atomic E-state index is -0.359. The number of nitrogens with zero attached hydrogens (tertiary/aromatic N) is 3. The summed E-state index contributed by atoms with van der Waals surface area (Å²) in [6.45, 7) is 1.89. The van der Waals surface area contributed by atoms with Crippen LogP contribution >= 0.6 is 0 Å². The number of benzene rings is 1. The van der Waals surface area contributed by atoms with Crippen molar-refractivity contribution in [3.63, 3.8) is 0 Å². The zero-order valence-corrected chi connectivity index (χ0v) is 11.4. The predicted molar refractivity (Wildman–Crippen MR) is 75.3 cm³/mol. The lowest BCUT2D eigenvalue weighted by Gasteiger charge is -2.07. The molecule has 0 radical (unpaired) electrons. The molecule has 3 aromatic rings. The summed E-state index contributed by atoms with van der Waals surface area (Å²) in [5.41, 5.74) is 3.30. The molecule has 2 aromatic heterocycles. The van der Waals surface area contributed by atoms with Crippen LogP contribution in [0.4, 0.5) is 8.78 Å². The van der Waals surface area contributed by atoms with Crippen molar-refractivity contribution in [2.75, 3.05) is 0 Å². The third kappa shape index (κ3) is 2.97. The van der Waals surface area contributed by atoms with E-state index in [1.807, 2.05) is 13.0 Å². The molecule has 0 aliphatic carbocycles. The van der Waals surface area contributed by atoms with Gasteiger partial charge in [-0.15, -0.1) is 0 Å². The predicted octanol–water partition coefficient (Wildman–Crippen LogP) is 3.44. The minimum Gasteiger partial charge on any atom is -0.258 e. The summed E-state index contributed by atoms with van der Waals surface area (Å²) in [6, 6.07) is 11.1. The highest BCUT2D eigenvalue weighted by Gasteiger charge is 2.09. The summed E-state index contributed by atoms with van der Waals surface area (Å²) in [7, 11) is 0. The maximum Gasteiger partial charge on any atom is 0.141 e. The standard InChI is InChI=1S/C16H13F2N3/c1-11-8-16(9-14-5-2-13(18)10-19-14)21(20-11)15-6-3-12(17)4-7-15/h2-8,10H,9H2,1H3. The van der Waals surface area contributed by atoms with E-state index in [1.54, 1.807) is 22.9 Å². The van der Waals surface area contributed by atoms with Crippen LogP contribution in [0.25, 0.3) is 5.69 Å². The fraction of sp³-hybridized carbons (Fsp3) is 0.125. The fourth-order valence-electron chi connectivity index (χ4n) is 2.18. The second-order valence-corrected chi connectivity index (χ2v) is 4.81. The molecule has 21 heavy (non-hydrogen) atoms. The molecular formula is C16H13F2N3. The van der Waals surface area contributed by atoms with Gasteiger partial charge in [0, 0.05) is 12.1 Å². The number of hydrogen-bond donors (Lipinski definition) is 0. The molecular weight excluding hydrogens is 272 g/mol.